The molecule has 3 rings (SSSR count). The average Bonchev–Trinajstić information content (AvgIpc) is 2.88. The normalized spacial score (nSPS) is 45.1. The summed E-state index contributed by atoms with van der Waals surface area (Å²) in [5.41, 5.74) is 0. The summed E-state index contributed by atoms with van der Waals surface area (Å²) in [5.74, 6) is 1.39. The molecule has 0 bridgehead atoms. The van der Waals surface area contributed by atoms with Gasteiger partial charge in [0.25, 0.3) is 0 Å². The molecule has 1 heterocycles. The Morgan fingerprint density at radius 3 is 2.50 bits per heavy atom. The summed E-state index contributed by atoms with van der Waals surface area (Å²) in [6.45, 7) is 3.38. The molecule has 3 heteroatoms. The Labute approximate surface area is 110 Å². The Morgan fingerprint density at radius 1 is 1.11 bits per heavy atom. The molecule has 3 nitrogen and oxygen atoms in total. The first-order valence-corrected chi connectivity index (χ1v) is 7.65. The van der Waals surface area contributed by atoms with Crippen LogP contribution in [0.4, 0.5) is 0 Å². The summed E-state index contributed by atoms with van der Waals surface area (Å²) in [6, 6.07) is 0.379. The van der Waals surface area contributed by atoms with Gasteiger partial charge in [0, 0.05) is 12.6 Å². The highest BCUT2D eigenvalue weighted by Gasteiger charge is 2.49. The van der Waals surface area contributed by atoms with E-state index in [1.54, 1.807) is 0 Å². The minimum atomic E-state index is -0.567. The molecule has 3 aliphatic rings. The van der Waals surface area contributed by atoms with Crippen LogP contribution in [0.15, 0.2) is 0 Å². The van der Waals surface area contributed by atoms with Crippen LogP contribution in [0.2, 0.25) is 0 Å². The van der Waals surface area contributed by atoms with E-state index >= 15 is 0 Å². The van der Waals surface area contributed by atoms with Crippen LogP contribution in [0.25, 0.3) is 0 Å². The third-order valence-electron chi connectivity index (χ3n) is 5.63. The van der Waals surface area contributed by atoms with E-state index < -0.39 is 5.97 Å². The molecule has 3 fully saturated rings. The largest absolute Gasteiger partial charge is 0.480 e. The van der Waals surface area contributed by atoms with E-state index in [4.69, 9.17) is 0 Å². The molecule has 0 aromatic heterocycles. The lowest BCUT2D eigenvalue weighted by atomic mass is 9.86. The van der Waals surface area contributed by atoms with Crippen molar-refractivity contribution in [3.05, 3.63) is 0 Å². The molecule has 18 heavy (non-hydrogen) atoms. The molecule has 0 aromatic rings. The second kappa shape index (κ2) is 4.84. The zero-order valence-electron chi connectivity index (χ0n) is 11.3. The molecular formula is C15H25NO2. The van der Waals surface area contributed by atoms with Crippen LogP contribution in [0, 0.1) is 17.8 Å². The standard InChI is InChI=1S/C15H25NO2/c1-10-5-7-12(8-6-10)16-9-11-3-2-4-13(11)14(16)15(17)18/h10-14H,2-9H2,1H3,(H,17,18). The second-order valence-electron chi connectivity index (χ2n) is 6.75. The van der Waals surface area contributed by atoms with Crippen LogP contribution in [-0.4, -0.2) is 34.6 Å². The maximum Gasteiger partial charge on any atom is 0.321 e. The van der Waals surface area contributed by atoms with Gasteiger partial charge >= 0.3 is 5.97 Å². The third kappa shape index (κ3) is 2.07. The molecule has 3 unspecified atom stereocenters. The number of likely N-dealkylation sites (tertiary alicyclic amines) is 1. The van der Waals surface area contributed by atoms with E-state index in [9.17, 15) is 9.90 Å². The minimum Gasteiger partial charge on any atom is -0.480 e. The summed E-state index contributed by atoms with van der Waals surface area (Å²) < 4.78 is 0. The van der Waals surface area contributed by atoms with Gasteiger partial charge in [0.05, 0.1) is 0 Å². The van der Waals surface area contributed by atoms with Crippen molar-refractivity contribution >= 4 is 5.97 Å². The highest BCUT2D eigenvalue weighted by molar-refractivity contribution is 5.74. The first-order valence-electron chi connectivity index (χ1n) is 7.65. The van der Waals surface area contributed by atoms with E-state index in [2.05, 4.69) is 11.8 Å². The topological polar surface area (TPSA) is 40.5 Å². The van der Waals surface area contributed by atoms with Gasteiger partial charge < -0.3 is 5.11 Å². The lowest BCUT2D eigenvalue weighted by Gasteiger charge is -2.36. The van der Waals surface area contributed by atoms with Gasteiger partial charge in [0.15, 0.2) is 0 Å². The predicted molar refractivity (Wildman–Crippen MR) is 70.4 cm³/mol. The maximum atomic E-state index is 11.6. The lowest BCUT2D eigenvalue weighted by Crippen LogP contribution is -2.46. The highest BCUT2D eigenvalue weighted by Crippen LogP contribution is 2.44. The zero-order valence-corrected chi connectivity index (χ0v) is 11.3. The number of hydrogen-bond acceptors (Lipinski definition) is 2. The lowest BCUT2D eigenvalue weighted by molar-refractivity contribution is -0.144. The number of rotatable bonds is 2. The van der Waals surface area contributed by atoms with Crippen molar-refractivity contribution in [2.45, 2.75) is 64.0 Å². The molecule has 0 spiro atoms. The monoisotopic (exact) mass is 251 g/mol. The van der Waals surface area contributed by atoms with Gasteiger partial charge in [-0.15, -0.1) is 0 Å². The molecule has 0 radical (unpaired) electrons. The number of fused-ring (bicyclic) bond motifs is 1. The molecule has 102 valence electrons. The summed E-state index contributed by atoms with van der Waals surface area (Å²) in [4.78, 5) is 14.0. The molecule has 1 aliphatic heterocycles. The van der Waals surface area contributed by atoms with Crippen molar-refractivity contribution in [3.63, 3.8) is 0 Å². The van der Waals surface area contributed by atoms with Crippen molar-refractivity contribution in [3.8, 4) is 0 Å². The van der Waals surface area contributed by atoms with Crippen LogP contribution >= 0.6 is 0 Å². The number of aliphatic carboxylic acids is 1. The minimum absolute atomic E-state index is 0.170. The average molecular weight is 251 g/mol. The zero-order chi connectivity index (χ0) is 12.7. The number of nitrogens with zero attached hydrogens (tertiary/aromatic N) is 1. The van der Waals surface area contributed by atoms with Gasteiger partial charge in [-0.25, -0.2) is 0 Å². The van der Waals surface area contributed by atoms with Crippen LogP contribution in [0.5, 0.6) is 0 Å². The van der Waals surface area contributed by atoms with Gasteiger partial charge in [0.1, 0.15) is 6.04 Å². The summed E-state index contributed by atoms with van der Waals surface area (Å²) in [6.07, 6.45) is 8.63. The Bertz CT molecular complexity index is 322. The summed E-state index contributed by atoms with van der Waals surface area (Å²) in [5, 5.41) is 9.57. The molecule has 1 saturated heterocycles. The Kier molecular flexibility index (Phi) is 3.35. The Balaban J connectivity index is 1.73. The van der Waals surface area contributed by atoms with E-state index in [1.165, 1.54) is 38.5 Å². The van der Waals surface area contributed by atoms with Crippen molar-refractivity contribution in [1.82, 2.24) is 4.90 Å². The molecule has 0 amide bonds. The molecular weight excluding hydrogens is 226 g/mol. The van der Waals surface area contributed by atoms with Crippen molar-refractivity contribution in [1.29, 1.82) is 0 Å². The van der Waals surface area contributed by atoms with Crippen LogP contribution in [0.1, 0.15) is 51.9 Å². The van der Waals surface area contributed by atoms with E-state index in [1.807, 2.05) is 0 Å². The van der Waals surface area contributed by atoms with Crippen LogP contribution < -0.4 is 0 Å². The maximum absolute atomic E-state index is 11.6. The summed E-state index contributed by atoms with van der Waals surface area (Å²) >= 11 is 0. The third-order valence-corrected chi connectivity index (χ3v) is 5.63. The molecule has 2 aliphatic carbocycles. The number of carboxylic acids is 1. The molecule has 3 atom stereocenters. The van der Waals surface area contributed by atoms with Gasteiger partial charge in [-0.1, -0.05) is 13.3 Å². The van der Waals surface area contributed by atoms with Crippen molar-refractivity contribution in [2.75, 3.05) is 6.54 Å². The number of carbonyl (C=O) groups is 1. The fraction of sp³-hybridized carbons (Fsp3) is 0.933. The Morgan fingerprint density at radius 2 is 1.83 bits per heavy atom. The van der Waals surface area contributed by atoms with Crippen LogP contribution in [0.3, 0.4) is 0 Å². The second-order valence-corrected chi connectivity index (χ2v) is 6.75. The fourth-order valence-electron chi connectivity index (χ4n) is 4.61. The molecule has 0 aromatic carbocycles. The van der Waals surface area contributed by atoms with E-state index in [0.29, 0.717) is 17.9 Å². The fourth-order valence-corrected chi connectivity index (χ4v) is 4.61. The van der Waals surface area contributed by atoms with E-state index in [0.717, 1.165) is 18.9 Å². The quantitative estimate of drug-likeness (QED) is 0.820. The first-order chi connectivity index (χ1) is 8.66. The molecule has 2 saturated carbocycles. The Hall–Kier alpha value is -0.570. The van der Waals surface area contributed by atoms with Gasteiger partial charge in [-0.3, -0.25) is 9.69 Å². The van der Waals surface area contributed by atoms with Gasteiger partial charge in [-0.05, 0) is 56.3 Å². The molecule has 1 N–H and O–H groups in total. The van der Waals surface area contributed by atoms with Gasteiger partial charge in [0.2, 0.25) is 0 Å². The highest BCUT2D eigenvalue weighted by atomic mass is 16.4. The van der Waals surface area contributed by atoms with E-state index in [-0.39, 0.29) is 6.04 Å². The van der Waals surface area contributed by atoms with Gasteiger partial charge in [-0.2, -0.15) is 0 Å². The smallest absolute Gasteiger partial charge is 0.321 e. The number of carboxylic acid groups (broad SMARTS) is 1. The number of hydrogen-bond donors (Lipinski definition) is 1. The first kappa shape index (κ1) is 12.5. The SMILES string of the molecule is CC1CCC(N2CC3CCCC3C2C(=O)O)CC1. The van der Waals surface area contributed by atoms with Crippen molar-refractivity contribution < 1.29 is 9.90 Å². The van der Waals surface area contributed by atoms with Crippen LogP contribution in [-0.2, 0) is 4.79 Å². The predicted octanol–water partition coefficient (Wildman–Crippen LogP) is 2.75. The summed E-state index contributed by atoms with van der Waals surface area (Å²) in [7, 11) is 0. The van der Waals surface area contributed by atoms with Crippen molar-refractivity contribution in [2.24, 2.45) is 17.8 Å².